The van der Waals surface area contributed by atoms with Crippen molar-refractivity contribution in [1.82, 2.24) is 30.1 Å². The summed E-state index contributed by atoms with van der Waals surface area (Å²) in [5.74, 6) is -0.426. The van der Waals surface area contributed by atoms with Crippen LogP contribution in [0.1, 0.15) is 46.0 Å². The first-order chi connectivity index (χ1) is 16.9. The number of fused-ring (bicyclic) bond motifs is 1. The van der Waals surface area contributed by atoms with Crippen molar-refractivity contribution in [3.8, 4) is 5.75 Å². The zero-order valence-electron chi connectivity index (χ0n) is 19.9. The number of hydrogen-bond donors (Lipinski definition) is 2. The number of hydrogen-bond acceptors (Lipinski definition) is 6. The lowest BCUT2D eigenvalue weighted by Gasteiger charge is -2.43. The van der Waals surface area contributed by atoms with Gasteiger partial charge in [-0.2, -0.15) is 0 Å². The minimum Gasteiger partial charge on any atom is -0.497 e. The molecule has 1 atom stereocenters. The molecule has 1 aromatic carbocycles. The quantitative estimate of drug-likeness (QED) is 0.512. The molecule has 3 aromatic rings. The lowest BCUT2D eigenvalue weighted by atomic mass is 9.94. The molecule has 0 saturated heterocycles. The van der Waals surface area contributed by atoms with E-state index >= 15 is 0 Å². The van der Waals surface area contributed by atoms with E-state index in [0.29, 0.717) is 13.1 Å². The minimum atomic E-state index is -1.14. The summed E-state index contributed by atoms with van der Waals surface area (Å²) >= 11 is 0. The third-order valence-corrected chi connectivity index (χ3v) is 6.17. The molecule has 10 heteroatoms. The monoisotopic (exact) mass is 476 g/mol. The second-order valence-corrected chi connectivity index (χ2v) is 8.47. The zero-order valence-corrected chi connectivity index (χ0v) is 19.9. The second-order valence-electron chi connectivity index (χ2n) is 8.47. The van der Waals surface area contributed by atoms with Gasteiger partial charge in [-0.1, -0.05) is 18.2 Å². The number of methoxy groups -OCH3 is 1. The first-order valence-electron chi connectivity index (χ1n) is 11.3. The normalized spacial score (nSPS) is 17.0. The highest BCUT2D eigenvalue weighted by molar-refractivity contribution is 6.07. The molecular weight excluding hydrogens is 448 g/mol. The first-order valence-corrected chi connectivity index (χ1v) is 11.3. The van der Waals surface area contributed by atoms with Gasteiger partial charge < -0.3 is 24.8 Å². The summed E-state index contributed by atoms with van der Waals surface area (Å²) in [5.41, 5.74) is 0.810. The second kappa shape index (κ2) is 9.96. The molecule has 0 aliphatic carbocycles. The summed E-state index contributed by atoms with van der Waals surface area (Å²) in [6.45, 7) is 4.58. The highest BCUT2D eigenvalue weighted by Gasteiger charge is 2.48. The van der Waals surface area contributed by atoms with Crippen molar-refractivity contribution in [1.29, 1.82) is 0 Å². The highest BCUT2D eigenvalue weighted by atomic mass is 16.5. The molecule has 3 heterocycles. The molecule has 10 nitrogen and oxygen atoms in total. The van der Waals surface area contributed by atoms with Crippen LogP contribution in [0.25, 0.3) is 0 Å². The number of nitrogens with zero attached hydrogens (tertiary/aromatic N) is 4. The average molecular weight is 477 g/mol. The van der Waals surface area contributed by atoms with E-state index in [1.165, 1.54) is 11.2 Å². The largest absolute Gasteiger partial charge is 0.497 e. The van der Waals surface area contributed by atoms with Crippen LogP contribution in [-0.2, 0) is 24.4 Å². The maximum atomic E-state index is 13.5. The predicted octanol–water partition coefficient (Wildman–Crippen LogP) is 1.77. The summed E-state index contributed by atoms with van der Waals surface area (Å²) in [6, 6.07) is 11.0. The van der Waals surface area contributed by atoms with Crippen LogP contribution in [0.15, 0.2) is 55.1 Å². The average Bonchev–Trinajstić information content (AvgIpc) is 3.30. The molecule has 1 aliphatic rings. The number of rotatable bonds is 8. The molecule has 0 unspecified atom stereocenters. The number of ether oxygens (including phenoxy) is 1. The number of aromatic nitrogens is 3. The number of nitrogens with one attached hydrogen (secondary N) is 2. The number of benzene rings is 1. The van der Waals surface area contributed by atoms with E-state index in [9.17, 15) is 14.4 Å². The Labute approximate surface area is 203 Å². The Morgan fingerprint density at radius 2 is 1.86 bits per heavy atom. The third kappa shape index (κ3) is 4.72. The van der Waals surface area contributed by atoms with Gasteiger partial charge >= 0.3 is 0 Å². The number of amides is 3. The van der Waals surface area contributed by atoms with Gasteiger partial charge in [-0.3, -0.25) is 19.4 Å². The Balaban J connectivity index is 1.50. The summed E-state index contributed by atoms with van der Waals surface area (Å²) < 4.78 is 6.75. The number of pyridine rings is 1. The maximum absolute atomic E-state index is 13.5. The van der Waals surface area contributed by atoms with E-state index in [0.717, 1.165) is 16.9 Å². The fraction of sp³-hybridized carbons (Fsp3) is 0.320. The Kier molecular flexibility index (Phi) is 6.81. The zero-order chi connectivity index (χ0) is 25.0. The molecule has 3 amide bonds. The smallest absolute Gasteiger partial charge is 0.273 e. The molecule has 4 rings (SSSR count). The summed E-state index contributed by atoms with van der Waals surface area (Å²) in [6.07, 6.45) is 4.75. The van der Waals surface area contributed by atoms with Crippen LogP contribution in [0.4, 0.5) is 0 Å². The van der Waals surface area contributed by atoms with Gasteiger partial charge in [0, 0.05) is 32.0 Å². The van der Waals surface area contributed by atoms with Gasteiger partial charge in [0.2, 0.25) is 5.91 Å². The van der Waals surface area contributed by atoms with Crippen LogP contribution in [0.5, 0.6) is 5.75 Å². The molecule has 0 radical (unpaired) electrons. The van der Waals surface area contributed by atoms with Gasteiger partial charge in [-0.05, 0) is 43.2 Å². The van der Waals surface area contributed by atoms with E-state index in [-0.39, 0.29) is 30.4 Å². The van der Waals surface area contributed by atoms with Crippen LogP contribution in [0.2, 0.25) is 0 Å². The van der Waals surface area contributed by atoms with Crippen molar-refractivity contribution < 1.29 is 19.1 Å². The van der Waals surface area contributed by atoms with Gasteiger partial charge in [0.05, 0.1) is 20.0 Å². The van der Waals surface area contributed by atoms with E-state index in [1.54, 1.807) is 44.0 Å². The highest BCUT2D eigenvalue weighted by Crippen LogP contribution is 2.29. The van der Waals surface area contributed by atoms with Gasteiger partial charge in [0.25, 0.3) is 11.8 Å². The molecule has 35 heavy (non-hydrogen) atoms. The van der Waals surface area contributed by atoms with Crippen molar-refractivity contribution >= 4 is 17.7 Å². The molecule has 0 bridgehead atoms. The van der Waals surface area contributed by atoms with Gasteiger partial charge in [-0.15, -0.1) is 0 Å². The lowest BCUT2D eigenvalue weighted by molar-refractivity contribution is -0.132. The summed E-state index contributed by atoms with van der Waals surface area (Å²) in [5, 5.41) is 5.72. The van der Waals surface area contributed by atoms with Gasteiger partial charge in [0.15, 0.2) is 5.69 Å². The first kappa shape index (κ1) is 23.9. The topological polar surface area (TPSA) is 118 Å². The van der Waals surface area contributed by atoms with Crippen LogP contribution in [-0.4, -0.2) is 56.3 Å². The van der Waals surface area contributed by atoms with E-state index < -0.39 is 17.4 Å². The van der Waals surface area contributed by atoms with Crippen LogP contribution >= 0.6 is 0 Å². The molecule has 2 aromatic heterocycles. The molecule has 0 spiro atoms. The molecule has 0 saturated carbocycles. The SMILES string of the molecule is CCN1C(=O)c2c(C(=O)NCc3cccnc3)ncn2C[C@]1(C)C(=O)NCc1ccc(OC)cc1. The Morgan fingerprint density at radius 3 is 2.51 bits per heavy atom. The molecular formula is C25H28N6O4. The summed E-state index contributed by atoms with van der Waals surface area (Å²) in [4.78, 5) is 49.3. The number of likely N-dealkylation sites (N-methyl/N-ethyl adjacent to an activating group) is 1. The van der Waals surface area contributed by atoms with Gasteiger partial charge in [0.1, 0.15) is 17.0 Å². The van der Waals surface area contributed by atoms with E-state index in [2.05, 4.69) is 20.6 Å². The maximum Gasteiger partial charge on any atom is 0.273 e. The number of imidazole rings is 1. The predicted molar refractivity (Wildman–Crippen MR) is 128 cm³/mol. The van der Waals surface area contributed by atoms with Crippen LogP contribution in [0.3, 0.4) is 0 Å². The van der Waals surface area contributed by atoms with Crippen LogP contribution in [0, 0.1) is 0 Å². The van der Waals surface area contributed by atoms with E-state index in [4.69, 9.17) is 4.74 Å². The van der Waals surface area contributed by atoms with Crippen molar-refractivity contribution in [2.45, 2.75) is 39.0 Å². The van der Waals surface area contributed by atoms with Gasteiger partial charge in [-0.25, -0.2) is 4.98 Å². The Hall–Kier alpha value is -4.21. The van der Waals surface area contributed by atoms with Crippen LogP contribution < -0.4 is 15.4 Å². The molecule has 182 valence electrons. The van der Waals surface area contributed by atoms with E-state index in [1.807, 2.05) is 30.3 Å². The fourth-order valence-corrected chi connectivity index (χ4v) is 4.23. The minimum absolute atomic E-state index is 0.0398. The molecule has 0 fully saturated rings. The third-order valence-electron chi connectivity index (χ3n) is 6.17. The lowest BCUT2D eigenvalue weighted by Crippen LogP contribution is -2.63. The number of carbonyl (C=O) groups excluding carboxylic acids is 3. The number of carbonyl (C=O) groups is 3. The van der Waals surface area contributed by atoms with Crippen molar-refractivity contribution in [2.75, 3.05) is 13.7 Å². The molecule has 1 aliphatic heterocycles. The standard InChI is InChI=1S/C25H28N6O4/c1-4-31-23(33)21-20(22(32)27-14-18-6-5-11-26-12-18)29-16-30(21)15-25(31,2)24(34)28-13-17-7-9-19(35-3)10-8-17/h5-12,16H,4,13-15H2,1-3H3,(H,27,32)(H,28,34)/t25-/m1/s1. The Morgan fingerprint density at radius 1 is 1.11 bits per heavy atom. The molecule has 2 N–H and O–H groups in total. The fourth-order valence-electron chi connectivity index (χ4n) is 4.23. The Bertz CT molecular complexity index is 1220. The van der Waals surface area contributed by atoms with Crippen molar-refractivity contribution in [2.24, 2.45) is 0 Å². The van der Waals surface area contributed by atoms with Crippen molar-refractivity contribution in [3.63, 3.8) is 0 Å². The summed E-state index contributed by atoms with van der Waals surface area (Å²) in [7, 11) is 1.59. The van der Waals surface area contributed by atoms with Crippen molar-refractivity contribution in [3.05, 3.63) is 77.6 Å².